The van der Waals surface area contributed by atoms with Crippen LogP contribution in [0.1, 0.15) is 6.42 Å². The van der Waals surface area contributed by atoms with Crippen LogP contribution in [0.4, 0.5) is 0 Å². The second kappa shape index (κ2) is 6.81. The Morgan fingerprint density at radius 2 is 2.23 bits per heavy atom. The van der Waals surface area contributed by atoms with Crippen LogP contribution in [0.2, 0.25) is 5.02 Å². The van der Waals surface area contributed by atoms with Gasteiger partial charge in [0, 0.05) is 6.42 Å². The number of nitrogens with two attached hydrogens (primary N) is 1. The first-order chi connectivity index (χ1) is 10.4. The third-order valence-electron chi connectivity index (χ3n) is 3.14. The van der Waals surface area contributed by atoms with Crippen LogP contribution in [-0.2, 0) is 19.5 Å². The summed E-state index contributed by atoms with van der Waals surface area (Å²) in [5, 5.41) is 14.2. The Labute approximate surface area is 133 Å². The van der Waals surface area contributed by atoms with Gasteiger partial charge in [-0.1, -0.05) is 11.6 Å². The highest BCUT2D eigenvalue weighted by Crippen LogP contribution is 2.27. The second-order valence-electron chi connectivity index (χ2n) is 4.74. The van der Waals surface area contributed by atoms with Crippen molar-refractivity contribution in [1.29, 1.82) is 5.26 Å². The van der Waals surface area contributed by atoms with Crippen molar-refractivity contribution >= 4 is 21.6 Å². The lowest BCUT2D eigenvalue weighted by Crippen LogP contribution is -2.32. The number of nitriles is 1. The molecule has 1 aromatic rings. The van der Waals surface area contributed by atoms with Crippen molar-refractivity contribution in [2.75, 3.05) is 26.4 Å². The lowest BCUT2D eigenvalue weighted by atomic mass is 10.1. The molecule has 0 spiro atoms. The third-order valence-corrected chi connectivity index (χ3v) is 4.35. The molecule has 1 saturated heterocycles. The third kappa shape index (κ3) is 4.09. The van der Waals surface area contributed by atoms with Crippen LogP contribution >= 0.6 is 11.6 Å². The average Bonchev–Trinajstić information content (AvgIpc) is 2.93. The SMILES string of the molecule is N#CC1(OCCOc2ccc(S(N)(=O)=O)cc2Cl)CCOC1. The molecule has 9 heteroatoms. The molecule has 1 atom stereocenters. The van der Waals surface area contributed by atoms with Crippen LogP contribution in [-0.4, -0.2) is 40.4 Å². The van der Waals surface area contributed by atoms with E-state index in [4.69, 9.17) is 36.2 Å². The topological polar surface area (TPSA) is 112 Å². The summed E-state index contributed by atoms with van der Waals surface area (Å²) in [7, 11) is -3.80. The molecule has 2 N–H and O–H groups in total. The van der Waals surface area contributed by atoms with Gasteiger partial charge in [0.25, 0.3) is 0 Å². The number of hydrogen-bond acceptors (Lipinski definition) is 6. The maximum Gasteiger partial charge on any atom is 0.238 e. The second-order valence-corrected chi connectivity index (χ2v) is 6.71. The van der Waals surface area contributed by atoms with Crippen molar-refractivity contribution in [3.8, 4) is 11.8 Å². The molecule has 1 unspecified atom stereocenters. The molecule has 1 aliphatic heterocycles. The molecule has 120 valence electrons. The zero-order chi connectivity index (χ0) is 16.2. The number of hydrogen-bond donors (Lipinski definition) is 1. The Balaban J connectivity index is 1.89. The lowest BCUT2D eigenvalue weighted by molar-refractivity contribution is -0.0203. The highest BCUT2D eigenvalue weighted by Gasteiger charge is 2.36. The first kappa shape index (κ1) is 17.0. The van der Waals surface area contributed by atoms with E-state index in [1.165, 1.54) is 18.2 Å². The van der Waals surface area contributed by atoms with E-state index in [-0.39, 0.29) is 29.7 Å². The van der Waals surface area contributed by atoms with Gasteiger partial charge in [0.1, 0.15) is 18.4 Å². The number of nitrogens with zero attached hydrogens (tertiary/aromatic N) is 1. The number of ether oxygens (including phenoxy) is 3. The highest BCUT2D eigenvalue weighted by molar-refractivity contribution is 7.89. The largest absolute Gasteiger partial charge is 0.490 e. The van der Waals surface area contributed by atoms with E-state index in [1.807, 2.05) is 0 Å². The predicted octanol–water partition coefficient (Wildman–Crippen LogP) is 1.07. The fourth-order valence-corrected chi connectivity index (χ4v) is 2.78. The first-order valence-corrected chi connectivity index (χ1v) is 8.37. The van der Waals surface area contributed by atoms with E-state index in [1.54, 1.807) is 0 Å². The molecule has 2 rings (SSSR count). The molecule has 0 saturated carbocycles. The monoisotopic (exact) mass is 346 g/mol. The predicted molar refractivity (Wildman–Crippen MR) is 78.1 cm³/mol. The Hall–Kier alpha value is -1.37. The van der Waals surface area contributed by atoms with Gasteiger partial charge in [0.2, 0.25) is 10.0 Å². The van der Waals surface area contributed by atoms with Crippen LogP contribution in [0.15, 0.2) is 23.1 Å². The molecule has 1 aromatic carbocycles. The molecule has 0 amide bonds. The number of benzene rings is 1. The minimum Gasteiger partial charge on any atom is -0.490 e. The van der Waals surface area contributed by atoms with Gasteiger partial charge in [-0.2, -0.15) is 5.26 Å². The minimum atomic E-state index is -3.80. The van der Waals surface area contributed by atoms with Gasteiger partial charge in [-0.3, -0.25) is 0 Å². The lowest BCUT2D eigenvalue weighted by Gasteiger charge is -2.19. The molecular formula is C13H15ClN2O5S. The van der Waals surface area contributed by atoms with E-state index in [2.05, 4.69) is 6.07 Å². The summed E-state index contributed by atoms with van der Waals surface area (Å²) in [5.74, 6) is 0.311. The zero-order valence-corrected chi connectivity index (χ0v) is 13.2. The summed E-state index contributed by atoms with van der Waals surface area (Å²) < 4.78 is 38.4. The molecule has 1 aliphatic rings. The number of sulfonamides is 1. The van der Waals surface area contributed by atoms with Crippen molar-refractivity contribution < 1.29 is 22.6 Å². The molecule has 7 nitrogen and oxygen atoms in total. The molecule has 1 heterocycles. The summed E-state index contributed by atoms with van der Waals surface area (Å²) in [6.07, 6.45) is 0.521. The van der Waals surface area contributed by atoms with E-state index >= 15 is 0 Å². The van der Waals surface area contributed by atoms with Crippen LogP contribution in [0.3, 0.4) is 0 Å². The summed E-state index contributed by atoms with van der Waals surface area (Å²) in [6, 6.07) is 6.04. The van der Waals surface area contributed by atoms with Crippen molar-refractivity contribution in [3.05, 3.63) is 23.2 Å². The molecule has 0 radical (unpaired) electrons. The Morgan fingerprint density at radius 1 is 1.45 bits per heavy atom. The average molecular weight is 347 g/mol. The summed E-state index contributed by atoms with van der Waals surface area (Å²) >= 11 is 5.94. The molecular weight excluding hydrogens is 332 g/mol. The quantitative estimate of drug-likeness (QED) is 0.771. The maximum absolute atomic E-state index is 11.2. The van der Waals surface area contributed by atoms with Crippen LogP contribution in [0, 0.1) is 11.3 Å². The molecule has 0 aromatic heterocycles. The van der Waals surface area contributed by atoms with Gasteiger partial charge in [-0.25, -0.2) is 13.6 Å². The number of halogens is 1. The normalized spacial score (nSPS) is 21.5. The van der Waals surface area contributed by atoms with Gasteiger partial charge in [-0.05, 0) is 18.2 Å². The molecule has 0 bridgehead atoms. The van der Waals surface area contributed by atoms with E-state index < -0.39 is 15.6 Å². The highest BCUT2D eigenvalue weighted by atomic mass is 35.5. The van der Waals surface area contributed by atoms with Crippen molar-refractivity contribution in [3.63, 3.8) is 0 Å². The number of rotatable bonds is 6. The summed E-state index contributed by atoms with van der Waals surface area (Å²) in [4.78, 5) is -0.0902. The molecule has 0 aliphatic carbocycles. The van der Waals surface area contributed by atoms with Gasteiger partial charge in [0.15, 0.2) is 5.60 Å². The van der Waals surface area contributed by atoms with Crippen LogP contribution < -0.4 is 9.88 Å². The Kier molecular flexibility index (Phi) is 5.26. The maximum atomic E-state index is 11.2. The first-order valence-electron chi connectivity index (χ1n) is 6.44. The Bertz CT molecular complexity index is 680. The fourth-order valence-electron chi connectivity index (χ4n) is 1.94. The summed E-state index contributed by atoms with van der Waals surface area (Å²) in [5.41, 5.74) is -0.912. The zero-order valence-electron chi connectivity index (χ0n) is 11.6. The van der Waals surface area contributed by atoms with Gasteiger partial charge < -0.3 is 14.2 Å². The molecule has 22 heavy (non-hydrogen) atoms. The van der Waals surface area contributed by atoms with Gasteiger partial charge >= 0.3 is 0 Å². The Morgan fingerprint density at radius 3 is 2.77 bits per heavy atom. The van der Waals surface area contributed by atoms with Crippen LogP contribution in [0.25, 0.3) is 0 Å². The number of primary sulfonamides is 1. The van der Waals surface area contributed by atoms with Crippen molar-refractivity contribution in [2.24, 2.45) is 5.14 Å². The van der Waals surface area contributed by atoms with E-state index in [9.17, 15) is 8.42 Å². The van der Waals surface area contributed by atoms with E-state index in [0.29, 0.717) is 18.8 Å². The molecule has 1 fully saturated rings. The van der Waals surface area contributed by atoms with Crippen molar-refractivity contribution in [2.45, 2.75) is 16.9 Å². The minimum absolute atomic E-state index is 0.0902. The fraction of sp³-hybridized carbons (Fsp3) is 0.462. The summed E-state index contributed by atoms with van der Waals surface area (Å²) in [6.45, 7) is 1.09. The van der Waals surface area contributed by atoms with Crippen molar-refractivity contribution in [1.82, 2.24) is 0 Å². The van der Waals surface area contributed by atoms with E-state index in [0.717, 1.165) is 0 Å². The standard InChI is InChI=1S/C13H15ClN2O5S/c14-11-7-10(22(16,17)18)1-2-12(11)20-5-6-21-13(8-15)3-4-19-9-13/h1-2,7H,3-6,9H2,(H2,16,17,18). The van der Waals surface area contributed by atoms with Gasteiger partial charge in [0.05, 0.1) is 29.7 Å². The van der Waals surface area contributed by atoms with Crippen LogP contribution in [0.5, 0.6) is 5.75 Å². The smallest absolute Gasteiger partial charge is 0.238 e. The van der Waals surface area contributed by atoms with Gasteiger partial charge in [-0.15, -0.1) is 0 Å².